The van der Waals surface area contributed by atoms with Crippen LogP contribution in [0.2, 0.25) is 10.0 Å². The molecular weight excluding hydrogens is 395 g/mol. The monoisotopic (exact) mass is 420 g/mol. The van der Waals surface area contributed by atoms with Gasteiger partial charge in [0.2, 0.25) is 15.9 Å². The number of amides is 1. The number of hydrogen-bond acceptors (Lipinski definition) is 3. The number of carbonyl (C=O) groups is 1. The van der Waals surface area contributed by atoms with Gasteiger partial charge in [-0.25, -0.2) is 12.7 Å². The number of piperidine rings is 1. The number of halogens is 2. The molecule has 8 heteroatoms. The Morgan fingerprint density at radius 1 is 1.27 bits per heavy atom. The van der Waals surface area contributed by atoms with Gasteiger partial charge in [-0.15, -0.1) is 0 Å². The molecule has 0 spiro atoms. The number of carbonyl (C=O) groups excluding carboxylic acids is 1. The molecule has 0 radical (unpaired) electrons. The van der Waals surface area contributed by atoms with E-state index in [9.17, 15) is 13.2 Å². The fraction of sp³-hybridized carbons (Fsp3) is 0.611. The topological polar surface area (TPSA) is 66.5 Å². The lowest BCUT2D eigenvalue weighted by Crippen LogP contribution is -2.45. The van der Waals surface area contributed by atoms with Crippen LogP contribution in [-0.2, 0) is 20.6 Å². The van der Waals surface area contributed by atoms with E-state index in [1.807, 2.05) is 0 Å². The van der Waals surface area contributed by atoms with Crippen molar-refractivity contribution in [3.63, 3.8) is 0 Å². The standard InChI is InChI=1S/C18H26Cl2N2O3S/c1-2-3-4-10-21-18(23)14-7-6-11-22(12-14)26(24,25)13-15-16(19)8-5-9-17(15)20/h5,8-9,14H,2-4,6-7,10-13H2,1H3,(H,21,23). The number of nitrogens with one attached hydrogen (secondary N) is 1. The Kier molecular flexibility index (Phi) is 8.20. The van der Waals surface area contributed by atoms with Gasteiger partial charge in [0.1, 0.15) is 0 Å². The first-order chi connectivity index (χ1) is 12.3. The van der Waals surface area contributed by atoms with Gasteiger partial charge in [0.15, 0.2) is 0 Å². The Labute approximate surface area is 166 Å². The van der Waals surface area contributed by atoms with E-state index in [4.69, 9.17) is 23.2 Å². The predicted octanol–water partition coefficient (Wildman–Crippen LogP) is 3.84. The van der Waals surface area contributed by atoms with Gasteiger partial charge in [0.25, 0.3) is 0 Å². The fourth-order valence-electron chi connectivity index (χ4n) is 3.08. The number of unbranched alkanes of at least 4 members (excludes halogenated alkanes) is 2. The summed E-state index contributed by atoms with van der Waals surface area (Å²) in [7, 11) is -3.59. The molecule has 1 amide bonds. The predicted molar refractivity (Wildman–Crippen MR) is 106 cm³/mol. The second kappa shape index (κ2) is 9.93. The highest BCUT2D eigenvalue weighted by Crippen LogP contribution is 2.29. The summed E-state index contributed by atoms with van der Waals surface area (Å²) in [6, 6.07) is 4.93. The molecule has 146 valence electrons. The van der Waals surface area contributed by atoms with Crippen molar-refractivity contribution in [3.05, 3.63) is 33.8 Å². The first kappa shape index (κ1) is 21.5. The lowest BCUT2D eigenvalue weighted by atomic mass is 9.99. The Morgan fingerprint density at radius 3 is 2.62 bits per heavy atom. The zero-order valence-corrected chi connectivity index (χ0v) is 17.3. The van der Waals surface area contributed by atoms with Crippen molar-refractivity contribution >= 4 is 39.1 Å². The quantitative estimate of drug-likeness (QED) is 0.649. The Hall–Kier alpha value is -0.820. The van der Waals surface area contributed by atoms with Crippen molar-refractivity contribution in [1.29, 1.82) is 0 Å². The van der Waals surface area contributed by atoms with E-state index >= 15 is 0 Å². The summed E-state index contributed by atoms with van der Waals surface area (Å²) < 4.78 is 27.0. The van der Waals surface area contributed by atoms with Gasteiger partial charge >= 0.3 is 0 Å². The maximum atomic E-state index is 12.8. The van der Waals surface area contributed by atoms with Crippen LogP contribution in [0.3, 0.4) is 0 Å². The molecule has 5 nitrogen and oxygen atoms in total. The Balaban J connectivity index is 2.00. The lowest BCUT2D eigenvalue weighted by molar-refractivity contribution is -0.126. The number of rotatable bonds is 8. The fourth-order valence-corrected chi connectivity index (χ4v) is 5.45. The molecule has 0 aromatic heterocycles. The minimum absolute atomic E-state index is 0.0585. The maximum Gasteiger partial charge on any atom is 0.224 e. The van der Waals surface area contributed by atoms with Crippen LogP contribution in [0.1, 0.15) is 44.6 Å². The van der Waals surface area contributed by atoms with E-state index in [0.29, 0.717) is 41.5 Å². The molecule has 26 heavy (non-hydrogen) atoms. The largest absolute Gasteiger partial charge is 0.356 e. The molecule has 1 aromatic rings. The number of benzene rings is 1. The van der Waals surface area contributed by atoms with Crippen molar-refractivity contribution < 1.29 is 13.2 Å². The van der Waals surface area contributed by atoms with Crippen molar-refractivity contribution in [2.24, 2.45) is 5.92 Å². The van der Waals surface area contributed by atoms with E-state index in [-0.39, 0.29) is 24.1 Å². The summed E-state index contributed by atoms with van der Waals surface area (Å²) in [6.45, 7) is 3.39. The molecule has 1 fully saturated rings. The molecule has 1 unspecified atom stereocenters. The number of nitrogens with zero attached hydrogens (tertiary/aromatic N) is 1. The normalized spacial score (nSPS) is 18.7. The van der Waals surface area contributed by atoms with Crippen molar-refractivity contribution in [2.75, 3.05) is 19.6 Å². The van der Waals surface area contributed by atoms with E-state index in [2.05, 4.69) is 12.2 Å². The average molecular weight is 421 g/mol. The molecule has 0 bridgehead atoms. The second-order valence-corrected chi connectivity index (χ2v) is 9.44. The van der Waals surface area contributed by atoms with Gasteiger partial charge in [-0.05, 0) is 31.4 Å². The van der Waals surface area contributed by atoms with E-state index in [0.717, 1.165) is 19.3 Å². The molecule has 1 heterocycles. The molecule has 2 rings (SSSR count). The van der Waals surface area contributed by atoms with Crippen molar-refractivity contribution in [2.45, 2.75) is 44.8 Å². The number of hydrogen-bond donors (Lipinski definition) is 1. The lowest BCUT2D eigenvalue weighted by Gasteiger charge is -2.31. The van der Waals surface area contributed by atoms with Gasteiger partial charge in [-0.3, -0.25) is 4.79 Å². The van der Waals surface area contributed by atoms with Gasteiger partial charge in [-0.1, -0.05) is 49.0 Å². The van der Waals surface area contributed by atoms with E-state index in [1.54, 1.807) is 18.2 Å². The molecular formula is C18H26Cl2N2O3S. The Bertz CT molecular complexity index is 705. The average Bonchev–Trinajstić information content (AvgIpc) is 2.62. The highest BCUT2D eigenvalue weighted by Gasteiger charge is 2.33. The van der Waals surface area contributed by atoms with Crippen LogP contribution in [0.15, 0.2) is 18.2 Å². The minimum atomic E-state index is -3.59. The summed E-state index contributed by atoms with van der Waals surface area (Å²) >= 11 is 12.2. The van der Waals surface area contributed by atoms with Gasteiger partial charge in [0, 0.05) is 35.2 Å². The van der Waals surface area contributed by atoms with Crippen LogP contribution in [0, 0.1) is 5.92 Å². The van der Waals surface area contributed by atoms with Crippen LogP contribution in [0.5, 0.6) is 0 Å². The molecule has 1 aliphatic rings. The van der Waals surface area contributed by atoms with Crippen LogP contribution in [0.25, 0.3) is 0 Å². The van der Waals surface area contributed by atoms with Crippen LogP contribution in [0.4, 0.5) is 0 Å². The van der Waals surface area contributed by atoms with Crippen LogP contribution < -0.4 is 5.32 Å². The minimum Gasteiger partial charge on any atom is -0.356 e. The zero-order chi connectivity index (χ0) is 19.2. The van der Waals surface area contributed by atoms with Gasteiger partial charge in [-0.2, -0.15) is 0 Å². The molecule has 1 aliphatic heterocycles. The zero-order valence-electron chi connectivity index (χ0n) is 15.0. The third-order valence-electron chi connectivity index (χ3n) is 4.62. The summed E-state index contributed by atoms with van der Waals surface area (Å²) in [5.74, 6) is -0.616. The highest BCUT2D eigenvalue weighted by atomic mass is 35.5. The SMILES string of the molecule is CCCCCNC(=O)C1CCCN(S(=O)(=O)Cc2c(Cl)cccc2Cl)C1. The van der Waals surface area contributed by atoms with Gasteiger partial charge < -0.3 is 5.32 Å². The summed E-state index contributed by atoms with van der Waals surface area (Å²) in [4.78, 5) is 12.3. The molecule has 1 saturated heterocycles. The van der Waals surface area contributed by atoms with Crippen molar-refractivity contribution in [1.82, 2.24) is 9.62 Å². The third-order valence-corrected chi connectivity index (χ3v) is 7.10. The third kappa shape index (κ3) is 5.84. The van der Waals surface area contributed by atoms with E-state index < -0.39 is 10.0 Å². The molecule has 0 aliphatic carbocycles. The summed E-state index contributed by atoms with van der Waals surface area (Å²) in [6.07, 6.45) is 4.49. The van der Waals surface area contributed by atoms with Crippen LogP contribution >= 0.6 is 23.2 Å². The second-order valence-electron chi connectivity index (χ2n) is 6.65. The van der Waals surface area contributed by atoms with Gasteiger partial charge in [0.05, 0.1) is 11.7 Å². The summed E-state index contributed by atoms with van der Waals surface area (Å²) in [5.41, 5.74) is 0.405. The first-order valence-corrected chi connectivity index (χ1v) is 11.4. The maximum absolute atomic E-state index is 12.8. The highest BCUT2D eigenvalue weighted by molar-refractivity contribution is 7.88. The van der Waals surface area contributed by atoms with Crippen LogP contribution in [-0.4, -0.2) is 38.3 Å². The van der Waals surface area contributed by atoms with Crippen molar-refractivity contribution in [3.8, 4) is 0 Å². The molecule has 1 N–H and O–H groups in total. The summed E-state index contributed by atoms with van der Waals surface area (Å²) in [5, 5.41) is 3.60. The number of sulfonamides is 1. The Morgan fingerprint density at radius 2 is 1.96 bits per heavy atom. The van der Waals surface area contributed by atoms with E-state index in [1.165, 1.54) is 4.31 Å². The molecule has 1 atom stereocenters. The molecule has 1 aromatic carbocycles. The first-order valence-electron chi connectivity index (χ1n) is 9.03. The smallest absolute Gasteiger partial charge is 0.224 e. The molecule has 0 saturated carbocycles.